The summed E-state index contributed by atoms with van der Waals surface area (Å²) < 4.78 is 10.8. The summed E-state index contributed by atoms with van der Waals surface area (Å²) in [6.07, 6.45) is 2.56. The van der Waals surface area contributed by atoms with Crippen molar-refractivity contribution in [1.82, 2.24) is 20.4 Å². The third kappa shape index (κ3) is 7.23. The van der Waals surface area contributed by atoms with E-state index in [9.17, 15) is 4.79 Å². The van der Waals surface area contributed by atoms with Crippen LogP contribution < -0.4 is 10.1 Å². The highest BCUT2D eigenvalue weighted by molar-refractivity contribution is 5.76. The zero-order valence-corrected chi connectivity index (χ0v) is 15.8. The molecule has 0 aliphatic heterocycles. The number of hydrogen-bond donors (Lipinski definition) is 1. The standard InChI is InChI=1S/C19H28N4O3/c1-4-5-17-21-19(26-22-17)11-10-18(24)20-14-15-6-8-16(9-7-15)25-13-12-23(2)3/h6-9H,4-5,10-14H2,1-3H3,(H,20,24). The Morgan fingerprint density at radius 1 is 1.23 bits per heavy atom. The van der Waals surface area contributed by atoms with Crippen molar-refractivity contribution in [3.63, 3.8) is 0 Å². The zero-order valence-electron chi connectivity index (χ0n) is 15.8. The number of ether oxygens (including phenoxy) is 1. The van der Waals surface area contributed by atoms with E-state index >= 15 is 0 Å². The highest BCUT2D eigenvalue weighted by Crippen LogP contribution is 2.12. The number of likely N-dealkylation sites (N-methyl/N-ethyl adjacent to an activating group) is 1. The third-order valence-corrected chi connectivity index (χ3v) is 3.77. The lowest BCUT2D eigenvalue weighted by Crippen LogP contribution is -2.23. The van der Waals surface area contributed by atoms with E-state index in [1.807, 2.05) is 38.4 Å². The molecule has 1 N–H and O–H groups in total. The van der Waals surface area contributed by atoms with Gasteiger partial charge in [0.1, 0.15) is 12.4 Å². The fourth-order valence-corrected chi connectivity index (χ4v) is 2.28. The van der Waals surface area contributed by atoms with Crippen LogP contribution in [0.2, 0.25) is 0 Å². The van der Waals surface area contributed by atoms with Gasteiger partial charge in [-0.25, -0.2) is 0 Å². The molecule has 7 nitrogen and oxygen atoms in total. The first kappa shape index (κ1) is 19.9. The maximum absolute atomic E-state index is 12.0. The second-order valence-electron chi connectivity index (χ2n) is 6.43. The fraction of sp³-hybridized carbons (Fsp3) is 0.526. The normalized spacial score (nSPS) is 10.9. The summed E-state index contributed by atoms with van der Waals surface area (Å²) in [5, 5.41) is 6.79. The van der Waals surface area contributed by atoms with Crippen LogP contribution >= 0.6 is 0 Å². The van der Waals surface area contributed by atoms with Crippen molar-refractivity contribution in [3.8, 4) is 5.75 Å². The quantitative estimate of drug-likeness (QED) is 0.662. The first-order chi connectivity index (χ1) is 12.6. The Morgan fingerprint density at radius 3 is 2.69 bits per heavy atom. The van der Waals surface area contributed by atoms with Crippen LogP contribution in [0.1, 0.15) is 37.0 Å². The molecule has 1 amide bonds. The number of hydrogen-bond acceptors (Lipinski definition) is 6. The van der Waals surface area contributed by atoms with Gasteiger partial charge >= 0.3 is 0 Å². The van der Waals surface area contributed by atoms with Crippen molar-refractivity contribution in [2.45, 2.75) is 39.2 Å². The topological polar surface area (TPSA) is 80.5 Å². The lowest BCUT2D eigenvalue weighted by molar-refractivity contribution is -0.121. The molecule has 1 aromatic carbocycles. The average Bonchev–Trinajstić information content (AvgIpc) is 3.07. The van der Waals surface area contributed by atoms with Crippen LogP contribution in [-0.4, -0.2) is 48.2 Å². The summed E-state index contributed by atoms with van der Waals surface area (Å²) in [6, 6.07) is 7.76. The van der Waals surface area contributed by atoms with Gasteiger partial charge in [-0.3, -0.25) is 4.79 Å². The van der Waals surface area contributed by atoms with Crippen LogP contribution in [0.5, 0.6) is 5.75 Å². The second-order valence-corrected chi connectivity index (χ2v) is 6.43. The Hall–Kier alpha value is -2.41. The van der Waals surface area contributed by atoms with Crippen LogP contribution in [0.4, 0.5) is 0 Å². The number of amides is 1. The Labute approximate surface area is 154 Å². The van der Waals surface area contributed by atoms with Gasteiger partial charge in [0.2, 0.25) is 11.8 Å². The smallest absolute Gasteiger partial charge is 0.227 e. The van der Waals surface area contributed by atoms with E-state index in [4.69, 9.17) is 9.26 Å². The molecule has 0 saturated heterocycles. The van der Waals surface area contributed by atoms with E-state index in [2.05, 4.69) is 27.3 Å². The maximum atomic E-state index is 12.0. The maximum Gasteiger partial charge on any atom is 0.227 e. The van der Waals surface area contributed by atoms with Gasteiger partial charge in [-0.2, -0.15) is 4.98 Å². The van der Waals surface area contributed by atoms with Gasteiger partial charge in [-0.05, 0) is 38.2 Å². The summed E-state index contributed by atoms with van der Waals surface area (Å²) >= 11 is 0. The monoisotopic (exact) mass is 360 g/mol. The lowest BCUT2D eigenvalue weighted by Gasteiger charge is -2.11. The number of nitrogens with zero attached hydrogens (tertiary/aromatic N) is 3. The van der Waals surface area contributed by atoms with Crippen molar-refractivity contribution in [2.75, 3.05) is 27.2 Å². The first-order valence-corrected chi connectivity index (χ1v) is 9.01. The third-order valence-electron chi connectivity index (χ3n) is 3.77. The largest absolute Gasteiger partial charge is 0.492 e. The molecule has 0 unspecified atom stereocenters. The Bertz CT molecular complexity index is 668. The summed E-state index contributed by atoms with van der Waals surface area (Å²) in [4.78, 5) is 18.3. The summed E-state index contributed by atoms with van der Waals surface area (Å²) in [5.41, 5.74) is 1.03. The fourth-order valence-electron chi connectivity index (χ4n) is 2.28. The van der Waals surface area contributed by atoms with Crippen LogP contribution in [0.15, 0.2) is 28.8 Å². The molecule has 0 aliphatic rings. The molecule has 142 valence electrons. The van der Waals surface area contributed by atoms with Gasteiger partial charge in [-0.1, -0.05) is 24.2 Å². The van der Waals surface area contributed by atoms with E-state index in [1.165, 1.54) is 0 Å². The van der Waals surface area contributed by atoms with Gasteiger partial charge in [0.15, 0.2) is 5.82 Å². The molecule has 2 aromatic rings. The summed E-state index contributed by atoms with van der Waals surface area (Å²) in [7, 11) is 4.02. The zero-order chi connectivity index (χ0) is 18.8. The number of carbonyl (C=O) groups excluding carboxylic acids is 1. The highest BCUT2D eigenvalue weighted by Gasteiger charge is 2.08. The molecule has 0 aliphatic carbocycles. The van der Waals surface area contributed by atoms with E-state index in [0.29, 0.717) is 37.7 Å². The Balaban J connectivity index is 1.67. The minimum absolute atomic E-state index is 0.0356. The van der Waals surface area contributed by atoms with Gasteiger partial charge < -0.3 is 19.5 Å². The number of carbonyl (C=O) groups is 1. The van der Waals surface area contributed by atoms with Gasteiger partial charge in [0.05, 0.1) is 0 Å². The predicted molar refractivity (Wildman–Crippen MR) is 99.0 cm³/mol. The molecule has 0 spiro atoms. The molecule has 1 heterocycles. The van der Waals surface area contributed by atoms with Crippen molar-refractivity contribution >= 4 is 5.91 Å². The van der Waals surface area contributed by atoms with Gasteiger partial charge in [0, 0.05) is 32.4 Å². The minimum atomic E-state index is -0.0356. The van der Waals surface area contributed by atoms with E-state index in [-0.39, 0.29) is 5.91 Å². The SMILES string of the molecule is CCCc1noc(CCC(=O)NCc2ccc(OCCN(C)C)cc2)n1. The number of aromatic nitrogens is 2. The molecule has 0 bridgehead atoms. The van der Waals surface area contributed by atoms with Gasteiger partial charge in [0.25, 0.3) is 0 Å². The van der Waals surface area contributed by atoms with Crippen molar-refractivity contribution in [3.05, 3.63) is 41.5 Å². The van der Waals surface area contributed by atoms with Crippen molar-refractivity contribution < 1.29 is 14.1 Å². The minimum Gasteiger partial charge on any atom is -0.492 e. The predicted octanol–water partition coefficient (Wildman–Crippen LogP) is 2.21. The average molecular weight is 360 g/mol. The Morgan fingerprint density at radius 2 is 2.00 bits per heavy atom. The molecule has 7 heteroatoms. The molecule has 0 atom stereocenters. The highest BCUT2D eigenvalue weighted by atomic mass is 16.5. The molecule has 0 radical (unpaired) electrons. The molecule has 0 fully saturated rings. The van der Waals surface area contributed by atoms with E-state index in [0.717, 1.165) is 30.7 Å². The van der Waals surface area contributed by atoms with Crippen LogP contribution in [-0.2, 0) is 24.2 Å². The second kappa shape index (κ2) is 10.6. The molecule has 1 aromatic heterocycles. The number of aryl methyl sites for hydroxylation is 2. The van der Waals surface area contributed by atoms with E-state index < -0.39 is 0 Å². The number of benzene rings is 1. The Kier molecular flexibility index (Phi) is 8.08. The summed E-state index contributed by atoms with van der Waals surface area (Å²) in [6.45, 7) is 4.07. The molecular weight excluding hydrogens is 332 g/mol. The van der Waals surface area contributed by atoms with Crippen LogP contribution in [0, 0.1) is 0 Å². The lowest BCUT2D eigenvalue weighted by atomic mass is 10.2. The molecule has 26 heavy (non-hydrogen) atoms. The molecule has 0 saturated carbocycles. The van der Waals surface area contributed by atoms with Crippen LogP contribution in [0.25, 0.3) is 0 Å². The van der Waals surface area contributed by atoms with E-state index in [1.54, 1.807) is 0 Å². The first-order valence-electron chi connectivity index (χ1n) is 9.01. The number of rotatable bonds is 11. The van der Waals surface area contributed by atoms with Crippen molar-refractivity contribution in [1.29, 1.82) is 0 Å². The molecular formula is C19H28N4O3. The van der Waals surface area contributed by atoms with Crippen LogP contribution in [0.3, 0.4) is 0 Å². The number of nitrogens with one attached hydrogen (secondary N) is 1. The van der Waals surface area contributed by atoms with Gasteiger partial charge in [-0.15, -0.1) is 0 Å². The summed E-state index contributed by atoms with van der Waals surface area (Å²) in [5.74, 6) is 2.02. The van der Waals surface area contributed by atoms with Crippen molar-refractivity contribution in [2.24, 2.45) is 0 Å². The molecule has 2 rings (SSSR count).